The van der Waals surface area contributed by atoms with E-state index in [0.717, 1.165) is 33.8 Å². The van der Waals surface area contributed by atoms with Gasteiger partial charge in [-0.05, 0) is 32.4 Å². The molecule has 0 aliphatic carbocycles. The smallest absolute Gasteiger partial charge is 0.311 e. The quantitative estimate of drug-likeness (QED) is 0.318. The van der Waals surface area contributed by atoms with Crippen molar-refractivity contribution in [3.05, 3.63) is 24.3 Å². The van der Waals surface area contributed by atoms with E-state index in [1.165, 1.54) is 24.6 Å². The van der Waals surface area contributed by atoms with Gasteiger partial charge in [-0.2, -0.15) is 0 Å². The van der Waals surface area contributed by atoms with Crippen LogP contribution in [0.25, 0.3) is 10.2 Å². The van der Waals surface area contributed by atoms with Crippen LogP contribution in [0.3, 0.4) is 0 Å². The van der Waals surface area contributed by atoms with Gasteiger partial charge in [0.25, 0.3) is 0 Å². The second-order valence-corrected chi connectivity index (χ2v) is 9.50. The Morgan fingerprint density at radius 1 is 1.31 bits per heavy atom. The molecule has 2 aromatic rings. The normalized spacial score (nSPS) is 13.1. The first kappa shape index (κ1) is 21.2. The van der Waals surface area contributed by atoms with E-state index >= 15 is 0 Å². The van der Waals surface area contributed by atoms with Crippen molar-refractivity contribution in [2.24, 2.45) is 5.41 Å². The van der Waals surface area contributed by atoms with E-state index in [0.29, 0.717) is 5.75 Å². The summed E-state index contributed by atoms with van der Waals surface area (Å²) in [5.41, 5.74) is 0.485. The molecule has 1 aromatic carbocycles. The number of thiazole rings is 1. The molecule has 1 N–H and O–H groups in total. The fraction of sp³-hybridized carbons (Fsp3) is 0.600. The van der Waals surface area contributed by atoms with Crippen molar-refractivity contribution in [1.29, 1.82) is 0 Å². The van der Waals surface area contributed by atoms with Gasteiger partial charge in [0.15, 0.2) is 4.34 Å². The molecule has 0 aliphatic heterocycles. The SMILES string of the molecule is CCCCCCC(C)(C)C(=O)OCC(O)CSc1nc2ccccc2s1. The van der Waals surface area contributed by atoms with Crippen molar-refractivity contribution < 1.29 is 14.6 Å². The fourth-order valence-corrected chi connectivity index (χ4v) is 4.59. The molecule has 4 nitrogen and oxygen atoms in total. The molecule has 0 aliphatic rings. The molecule has 0 amide bonds. The Bertz CT molecular complexity index is 666. The summed E-state index contributed by atoms with van der Waals surface area (Å²) in [6.45, 7) is 6.05. The molecular formula is C20H29NO3S2. The minimum absolute atomic E-state index is 0.0368. The van der Waals surface area contributed by atoms with Crippen LogP contribution >= 0.6 is 23.1 Å². The summed E-state index contributed by atoms with van der Waals surface area (Å²) in [5, 5.41) is 10.1. The number of aliphatic hydroxyl groups is 1. The standard InChI is InChI=1S/C20H29NO3S2/c1-4-5-6-9-12-20(2,3)18(23)24-13-15(22)14-25-19-21-16-10-7-8-11-17(16)26-19/h7-8,10-11,15,22H,4-6,9,12-14H2,1-3H3. The molecule has 6 heteroatoms. The van der Waals surface area contributed by atoms with Gasteiger partial charge >= 0.3 is 5.97 Å². The summed E-state index contributed by atoms with van der Waals surface area (Å²) in [5.74, 6) is 0.238. The third kappa shape index (κ3) is 6.56. The first-order chi connectivity index (χ1) is 12.4. The summed E-state index contributed by atoms with van der Waals surface area (Å²) in [6, 6.07) is 7.98. The van der Waals surface area contributed by atoms with Gasteiger partial charge in [-0.15, -0.1) is 11.3 Å². The highest BCUT2D eigenvalue weighted by atomic mass is 32.2. The molecule has 1 unspecified atom stereocenters. The molecule has 0 bridgehead atoms. The number of fused-ring (bicyclic) bond motifs is 1. The van der Waals surface area contributed by atoms with Gasteiger partial charge in [0.1, 0.15) is 6.61 Å². The highest BCUT2D eigenvalue weighted by Gasteiger charge is 2.29. The van der Waals surface area contributed by atoms with E-state index in [9.17, 15) is 9.90 Å². The van der Waals surface area contributed by atoms with Gasteiger partial charge in [0.2, 0.25) is 0 Å². The lowest BCUT2D eigenvalue weighted by molar-refractivity contribution is -0.157. The number of hydrogen-bond donors (Lipinski definition) is 1. The molecule has 1 heterocycles. The number of carbonyl (C=O) groups is 1. The third-order valence-corrected chi connectivity index (χ3v) is 6.61. The van der Waals surface area contributed by atoms with E-state index in [4.69, 9.17) is 4.74 Å². The summed E-state index contributed by atoms with van der Waals surface area (Å²) in [7, 11) is 0. The topological polar surface area (TPSA) is 59.4 Å². The Balaban J connectivity index is 1.71. The van der Waals surface area contributed by atoms with E-state index < -0.39 is 11.5 Å². The number of aliphatic hydroxyl groups excluding tert-OH is 1. The zero-order valence-corrected chi connectivity index (χ0v) is 17.5. The lowest BCUT2D eigenvalue weighted by atomic mass is 9.87. The van der Waals surface area contributed by atoms with Gasteiger partial charge in [-0.1, -0.05) is 56.5 Å². The second-order valence-electron chi connectivity index (χ2n) is 7.21. The van der Waals surface area contributed by atoms with Crippen LogP contribution in [-0.4, -0.2) is 34.5 Å². The highest BCUT2D eigenvalue weighted by molar-refractivity contribution is 8.01. The fourth-order valence-electron chi connectivity index (χ4n) is 2.59. The minimum atomic E-state index is -0.688. The van der Waals surface area contributed by atoms with Crippen LogP contribution in [-0.2, 0) is 9.53 Å². The highest BCUT2D eigenvalue weighted by Crippen LogP contribution is 2.30. The lowest BCUT2D eigenvalue weighted by Crippen LogP contribution is -2.30. The van der Waals surface area contributed by atoms with Crippen molar-refractivity contribution in [3.63, 3.8) is 0 Å². The largest absolute Gasteiger partial charge is 0.462 e. The molecule has 0 saturated carbocycles. The maximum atomic E-state index is 12.3. The Hall–Kier alpha value is -1.11. The minimum Gasteiger partial charge on any atom is -0.462 e. The van der Waals surface area contributed by atoms with E-state index in [1.807, 2.05) is 38.1 Å². The monoisotopic (exact) mass is 395 g/mol. The summed E-state index contributed by atoms with van der Waals surface area (Å²) in [6.07, 6.45) is 4.70. The molecule has 2 rings (SSSR count). The zero-order chi connectivity index (χ0) is 19.0. The van der Waals surface area contributed by atoms with E-state index in [-0.39, 0.29) is 12.6 Å². The van der Waals surface area contributed by atoms with Gasteiger partial charge in [0, 0.05) is 5.75 Å². The lowest BCUT2D eigenvalue weighted by Gasteiger charge is -2.23. The number of nitrogens with zero attached hydrogens (tertiary/aromatic N) is 1. The number of unbranched alkanes of at least 4 members (excludes halogenated alkanes) is 3. The predicted octanol–water partition coefficient (Wildman–Crippen LogP) is 5.29. The van der Waals surface area contributed by atoms with Crippen LogP contribution in [0.2, 0.25) is 0 Å². The van der Waals surface area contributed by atoms with Crippen LogP contribution in [0.1, 0.15) is 52.9 Å². The number of thioether (sulfide) groups is 1. The second kappa shape index (κ2) is 10.3. The zero-order valence-electron chi connectivity index (χ0n) is 15.9. The average Bonchev–Trinajstić information content (AvgIpc) is 3.04. The summed E-state index contributed by atoms with van der Waals surface area (Å²) in [4.78, 5) is 16.8. The average molecular weight is 396 g/mol. The number of benzene rings is 1. The Kier molecular flexibility index (Phi) is 8.38. The van der Waals surface area contributed by atoms with E-state index in [1.54, 1.807) is 11.3 Å². The van der Waals surface area contributed by atoms with Crippen LogP contribution < -0.4 is 0 Å². The number of aromatic nitrogens is 1. The van der Waals surface area contributed by atoms with Crippen LogP contribution in [0.5, 0.6) is 0 Å². The van der Waals surface area contributed by atoms with Crippen molar-refractivity contribution in [2.75, 3.05) is 12.4 Å². The maximum Gasteiger partial charge on any atom is 0.311 e. The van der Waals surface area contributed by atoms with Gasteiger partial charge < -0.3 is 9.84 Å². The number of hydrogen-bond acceptors (Lipinski definition) is 6. The molecule has 0 spiro atoms. The molecule has 0 saturated heterocycles. The first-order valence-corrected chi connectivity index (χ1v) is 11.1. The summed E-state index contributed by atoms with van der Waals surface area (Å²) < 4.78 is 7.42. The number of esters is 1. The number of carbonyl (C=O) groups excluding carboxylic acids is 1. The predicted molar refractivity (Wildman–Crippen MR) is 110 cm³/mol. The van der Waals surface area contributed by atoms with Crippen LogP contribution in [0, 0.1) is 5.41 Å². The Morgan fingerprint density at radius 3 is 2.81 bits per heavy atom. The van der Waals surface area contributed by atoms with Crippen LogP contribution in [0.15, 0.2) is 28.6 Å². The van der Waals surface area contributed by atoms with Gasteiger partial charge in [-0.25, -0.2) is 4.98 Å². The number of para-hydroxylation sites is 1. The van der Waals surface area contributed by atoms with Gasteiger partial charge in [0.05, 0.1) is 21.7 Å². The number of rotatable bonds is 11. The van der Waals surface area contributed by atoms with Crippen molar-refractivity contribution in [1.82, 2.24) is 4.98 Å². The van der Waals surface area contributed by atoms with Crippen molar-refractivity contribution in [2.45, 2.75) is 63.3 Å². The molecular weight excluding hydrogens is 366 g/mol. The Labute approximate surface area is 164 Å². The summed E-state index contributed by atoms with van der Waals surface area (Å²) >= 11 is 3.11. The van der Waals surface area contributed by atoms with Crippen LogP contribution in [0.4, 0.5) is 0 Å². The molecule has 26 heavy (non-hydrogen) atoms. The molecule has 1 atom stereocenters. The molecule has 0 radical (unpaired) electrons. The molecule has 144 valence electrons. The Morgan fingerprint density at radius 2 is 2.08 bits per heavy atom. The van der Waals surface area contributed by atoms with Gasteiger partial charge in [-0.3, -0.25) is 4.79 Å². The van der Waals surface area contributed by atoms with Crippen molar-refractivity contribution in [3.8, 4) is 0 Å². The number of ether oxygens (including phenoxy) is 1. The van der Waals surface area contributed by atoms with Crippen molar-refractivity contribution >= 4 is 39.3 Å². The molecule has 0 fully saturated rings. The maximum absolute atomic E-state index is 12.3. The first-order valence-electron chi connectivity index (χ1n) is 9.26. The van der Waals surface area contributed by atoms with E-state index in [2.05, 4.69) is 11.9 Å². The third-order valence-electron chi connectivity index (χ3n) is 4.29. The molecule has 1 aromatic heterocycles.